The SMILES string of the molecule is Clc1nnc(NN=Cc2cccc3ccccc23)c2ccccc12. The number of fused-ring (bicyclic) bond motifs is 2. The van der Waals surface area contributed by atoms with E-state index >= 15 is 0 Å². The molecule has 0 atom stereocenters. The summed E-state index contributed by atoms with van der Waals surface area (Å²) in [4.78, 5) is 0. The fourth-order valence-electron chi connectivity index (χ4n) is 2.68. The van der Waals surface area contributed by atoms with Crippen LogP contribution in [0.15, 0.2) is 71.8 Å². The van der Waals surface area contributed by atoms with Gasteiger partial charge in [0, 0.05) is 16.3 Å². The number of anilines is 1. The Morgan fingerprint density at radius 1 is 0.792 bits per heavy atom. The lowest BCUT2D eigenvalue weighted by Crippen LogP contribution is -1.97. The predicted octanol–water partition coefficient (Wildman–Crippen LogP) is 4.88. The first kappa shape index (κ1) is 14.6. The monoisotopic (exact) mass is 332 g/mol. The first-order chi connectivity index (χ1) is 11.8. The van der Waals surface area contributed by atoms with Crippen LogP contribution in [0, 0.1) is 0 Å². The predicted molar refractivity (Wildman–Crippen MR) is 99.7 cm³/mol. The van der Waals surface area contributed by atoms with Gasteiger partial charge in [0.15, 0.2) is 11.0 Å². The molecule has 1 aromatic heterocycles. The first-order valence-corrected chi connectivity index (χ1v) is 7.88. The zero-order chi connectivity index (χ0) is 16.4. The maximum Gasteiger partial charge on any atom is 0.176 e. The number of hydrogen-bond acceptors (Lipinski definition) is 4. The number of rotatable bonds is 3. The second kappa shape index (κ2) is 6.26. The van der Waals surface area contributed by atoms with Crippen LogP contribution in [0.3, 0.4) is 0 Å². The molecule has 0 spiro atoms. The van der Waals surface area contributed by atoms with Crippen molar-refractivity contribution >= 4 is 45.2 Å². The van der Waals surface area contributed by atoms with Crippen LogP contribution in [-0.4, -0.2) is 16.4 Å². The number of aromatic nitrogens is 2. The van der Waals surface area contributed by atoms with Crippen molar-refractivity contribution < 1.29 is 0 Å². The molecule has 4 nitrogen and oxygen atoms in total. The number of nitrogens with zero attached hydrogens (tertiary/aromatic N) is 3. The third-order valence-electron chi connectivity index (χ3n) is 3.84. The molecule has 3 aromatic carbocycles. The standard InChI is InChI=1S/C19H13ClN4/c20-18-16-10-3-4-11-17(16)19(24-22-18)23-21-12-14-8-5-7-13-6-1-2-9-15(13)14/h1-12H,(H,23,24). The number of hydrazone groups is 1. The molecule has 0 saturated heterocycles. The van der Waals surface area contributed by atoms with Crippen LogP contribution < -0.4 is 5.43 Å². The van der Waals surface area contributed by atoms with Gasteiger partial charge in [0.2, 0.25) is 0 Å². The van der Waals surface area contributed by atoms with Crippen LogP contribution in [-0.2, 0) is 0 Å². The molecule has 116 valence electrons. The van der Waals surface area contributed by atoms with Crippen molar-refractivity contribution in [1.82, 2.24) is 10.2 Å². The van der Waals surface area contributed by atoms with Gasteiger partial charge in [-0.1, -0.05) is 78.3 Å². The maximum absolute atomic E-state index is 6.08. The van der Waals surface area contributed by atoms with E-state index in [9.17, 15) is 0 Å². The Balaban J connectivity index is 1.68. The molecule has 0 aliphatic rings. The Kier molecular flexibility index (Phi) is 3.81. The molecule has 0 amide bonds. The Labute approximate surface area is 143 Å². The third-order valence-corrected chi connectivity index (χ3v) is 4.12. The van der Waals surface area contributed by atoms with E-state index in [1.165, 1.54) is 5.39 Å². The van der Waals surface area contributed by atoms with Crippen molar-refractivity contribution in [2.75, 3.05) is 5.43 Å². The minimum atomic E-state index is 0.384. The second-order valence-electron chi connectivity index (χ2n) is 5.32. The van der Waals surface area contributed by atoms with E-state index in [1.807, 2.05) is 48.5 Å². The van der Waals surface area contributed by atoms with Gasteiger partial charge in [0.05, 0.1) is 6.21 Å². The maximum atomic E-state index is 6.08. The summed E-state index contributed by atoms with van der Waals surface area (Å²) in [6, 6.07) is 22.0. The van der Waals surface area contributed by atoms with Crippen LogP contribution in [0.2, 0.25) is 5.15 Å². The van der Waals surface area contributed by atoms with Gasteiger partial charge in [0.25, 0.3) is 0 Å². The van der Waals surface area contributed by atoms with E-state index in [-0.39, 0.29) is 0 Å². The van der Waals surface area contributed by atoms with Crippen molar-refractivity contribution in [2.45, 2.75) is 0 Å². The van der Waals surface area contributed by atoms with Gasteiger partial charge in [0.1, 0.15) is 0 Å². The summed E-state index contributed by atoms with van der Waals surface area (Å²) < 4.78 is 0. The fraction of sp³-hybridized carbons (Fsp3) is 0. The smallest absolute Gasteiger partial charge is 0.176 e. The van der Waals surface area contributed by atoms with Crippen molar-refractivity contribution in [3.8, 4) is 0 Å². The summed E-state index contributed by atoms with van der Waals surface area (Å²) in [7, 11) is 0. The molecular weight excluding hydrogens is 320 g/mol. The minimum Gasteiger partial charge on any atom is -0.259 e. The van der Waals surface area contributed by atoms with E-state index in [4.69, 9.17) is 11.6 Å². The molecule has 0 radical (unpaired) electrons. The summed E-state index contributed by atoms with van der Waals surface area (Å²) in [5.74, 6) is 0.575. The van der Waals surface area contributed by atoms with Crippen LogP contribution >= 0.6 is 11.6 Å². The Morgan fingerprint density at radius 2 is 1.50 bits per heavy atom. The van der Waals surface area contributed by atoms with Gasteiger partial charge in [-0.15, -0.1) is 10.2 Å². The third kappa shape index (κ3) is 2.68. The highest BCUT2D eigenvalue weighted by Gasteiger charge is 2.06. The van der Waals surface area contributed by atoms with Crippen LogP contribution in [0.4, 0.5) is 5.82 Å². The van der Waals surface area contributed by atoms with Gasteiger partial charge in [-0.05, 0) is 10.8 Å². The van der Waals surface area contributed by atoms with Crippen LogP contribution in [0.1, 0.15) is 5.56 Å². The summed E-state index contributed by atoms with van der Waals surface area (Å²) in [5, 5.41) is 16.8. The second-order valence-corrected chi connectivity index (χ2v) is 5.68. The number of hydrogen-bond donors (Lipinski definition) is 1. The van der Waals surface area contributed by atoms with E-state index in [2.05, 4.69) is 38.9 Å². The number of halogens is 1. The van der Waals surface area contributed by atoms with Crippen molar-refractivity contribution in [2.24, 2.45) is 5.10 Å². The van der Waals surface area contributed by atoms with Gasteiger partial charge in [-0.3, -0.25) is 5.43 Å². The molecule has 0 fully saturated rings. The Morgan fingerprint density at radius 3 is 2.38 bits per heavy atom. The topological polar surface area (TPSA) is 50.2 Å². The summed E-state index contributed by atoms with van der Waals surface area (Å²) in [6.07, 6.45) is 1.79. The van der Waals surface area contributed by atoms with Gasteiger partial charge in [-0.2, -0.15) is 5.10 Å². The van der Waals surface area contributed by atoms with Crippen LogP contribution in [0.5, 0.6) is 0 Å². The molecule has 4 rings (SSSR count). The molecule has 24 heavy (non-hydrogen) atoms. The molecule has 1 heterocycles. The lowest BCUT2D eigenvalue weighted by atomic mass is 10.1. The largest absolute Gasteiger partial charge is 0.259 e. The molecule has 0 bridgehead atoms. The molecular formula is C19H13ClN4. The normalized spacial score (nSPS) is 11.4. The Bertz CT molecular complexity index is 1050. The van der Waals surface area contributed by atoms with Gasteiger partial charge in [-0.25, -0.2) is 0 Å². The quantitative estimate of drug-likeness (QED) is 0.429. The highest BCUT2D eigenvalue weighted by atomic mass is 35.5. The molecule has 0 saturated carbocycles. The average Bonchev–Trinajstić information content (AvgIpc) is 2.64. The molecule has 0 unspecified atom stereocenters. The average molecular weight is 333 g/mol. The van der Waals surface area contributed by atoms with Crippen molar-refractivity contribution in [1.29, 1.82) is 0 Å². The molecule has 1 N–H and O–H groups in total. The Hall–Kier alpha value is -2.98. The summed E-state index contributed by atoms with van der Waals surface area (Å²) >= 11 is 6.08. The molecule has 4 aromatic rings. The number of nitrogens with one attached hydrogen (secondary N) is 1. The van der Waals surface area contributed by atoms with Gasteiger partial charge >= 0.3 is 0 Å². The van der Waals surface area contributed by atoms with Crippen molar-refractivity contribution in [3.63, 3.8) is 0 Å². The highest BCUT2D eigenvalue weighted by molar-refractivity contribution is 6.34. The lowest BCUT2D eigenvalue weighted by Gasteiger charge is -2.05. The number of benzene rings is 3. The fourth-order valence-corrected chi connectivity index (χ4v) is 2.88. The van der Waals surface area contributed by atoms with Crippen molar-refractivity contribution in [3.05, 3.63) is 77.4 Å². The molecule has 5 heteroatoms. The highest BCUT2D eigenvalue weighted by Crippen LogP contribution is 2.25. The zero-order valence-corrected chi connectivity index (χ0v) is 13.4. The van der Waals surface area contributed by atoms with E-state index in [1.54, 1.807) is 6.21 Å². The van der Waals surface area contributed by atoms with E-state index in [0.717, 1.165) is 21.7 Å². The minimum absolute atomic E-state index is 0.384. The summed E-state index contributed by atoms with van der Waals surface area (Å²) in [5.41, 5.74) is 4.00. The van der Waals surface area contributed by atoms with E-state index in [0.29, 0.717) is 11.0 Å². The first-order valence-electron chi connectivity index (χ1n) is 7.51. The molecule has 0 aliphatic carbocycles. The van der Waals surface area contributed by atoms with Gasteiger partial charge < -0.3 is 0 Å². The lowest BCUT2D eigenvalue weighted by molar-refractivity contribution is 1.04. The summed E-state index contributed by atoms with van der Waals surface area (Å²) in [6.45, 7) is 0. The zero-order valence-electron chi connectivity index (χ0n) is 12.6. The molecule has 0 aliphatic heterocycles. The van der Waals surface area contributed by atoms with E-state index < -0.39 is 0 Å². The van der Waals surface area contributed by atoms with Crippen LogP contribution in [0.25, 0.3) is 21.5 Å².